The minimum absolute atomic E-state index is 0.0365. The average molecular weight is 224 g/mol. The topological polar surface area (TPSA) is 29.5 Å². The van der Waals surface area contributed by atoms with Gasteiger partial charge in [0.1, 0.15) is 5.75 Å². The molecule has 0 spiro atoms. The number of fused-ring (bicyclic) bond motifs is 1. The maximum Gasteiger partial charge on any atom is 0.387 e. The van der Waals surface area contributed by atoms with Crippen molar-refractivity contribution in [3.05, 3.63) is 42.0 Å². The van der Waals surface area contributed by atoms with Crippen LogP contribution in [0.1, 0.15) is 5.56 Å². The van der Waals surface area contributed by atoms with Crippen molar-refractivity contribution in [2.24, 2.45) is 0 Å². The van der Waals surface area contributed by atoms with Crippen molar-refractivity contribution in [1.82, 2.24) is 0 Å². The summed E-state index contributed by atoms with van der Waals surface area (Å²) in [5.74, 6) is 0.138. The first kappa shape index (κ1) is 10.8. The number of aliphatic hydroxyl groups is 1. The van der Waals surface area contributed by atoms with Gasteiger partial charge in [-0.2, -0.15) is 8.78 Å². The molecule has 16 heavy (non-hydrogen) atoms. The van der Waals surface area contributed by atoms with Crippen LogP contribution in [-0.4, -0.2) is 11.7 Å². The number of aliphatic hydroxyl groups excluding tert-OH is 1. The fraction of sp³-hybridized carbons (Fsp3) is 0.167. The minimum atomic E-state index is -2.81. The number of ether oxygens (including phenoxy) is 1. The molecule has 0 fully saturated rings. The number of alkyl halides is 2. The van der Waals surface area contributed by atoms with E-state index in [0.29, 0.717) is 0 Å². The largest absolute Gasteiger partial charge is 0.435 e. The van der Waals surface area contributed by atoms with Crippen LogP contribution in [0, 0.1) is 0 Å². The maximum atomic E-state index is 12.0. The van der Waals surface area contributed by atoms with Crippen molar-refractivity contribution in [1.29, 1.82) is 0 Å². The molecule has 0 aromatic heterocycles. The van der Waals surface area contributed by atoms with Crippen LogP contribution in [0.5, 0.6) is 5.75 Å². The van der Waals surface area contributed by atoms with E-state index in [9.17, 15) is 8.78 Å². The van der Waals surface area contributed by atoms with E-state index >= 15 is 0 Å². The van der Waals surface area contributed by atoms with Crippen LogP contribution < -0.4 is 4.74 Å². The lowest BCUT2D eigenvalue weighted by molar-refractivity contribution is -0.0497. The van der Waals surface area contributed by atoms with Crippen molar-refractivity contribution in [2.45, 2.75) is 13.2 Å². The summed E-state index contributed by atoms with van der Waals surface area (Å²) in [5.41, 5.74) is 0.787. The molecule has 84 valence electrons. The van der Waals surface area contributed by atoms with Gasteiger partial charge in [0.2, 0.25) is 0 Å². The third-order valence-electron chi connectivity index (χ3n) is 2.28. The molecule has 0 amide bonds. The van der Waals surface area contributed by atoms with Gasteiger partial charge in [0.15, 0.2) is 0 Å². The molecule has 0 atom stereocenters. The molecule has 1 N–H and O–H groups in total. The van der Waals surface area contributed by atoms with Gasteiger partial charge in [-0.05, 0) is 34.5 Å². The van der Waals surface area contributed by atoms with E-state index in [1.54, 1.807) is 24.3 Å². The van der Waals surface area contributed by atoms with Crippen molar-refractivity contribution >= 4 is 10.8 Å². The SMILES string of the molecule is OCc1ccc2cc(OC(F)F)ccc2c1. The molecule has 0 heterocycles. The van der Waals surface area contributed by atoms with E-state index < -0.39 is 6.61 Å². The van der Waals surface area contributed by atoms with E-state index in [1.807, 2.05) is 6.07 Å². The summed E-state index contributed by atoms with van der Waals surface area (Å²) in [6.45, 7) is -2.85. The molecule has 2 nitrogen and oxygen atoms in total. The van der Waals surface area contributed by atoms with Crippen molar-refractivity contribution in [3.63, 3.8) is 0 Å². The predicted molar refractivity (Wildman–Crippen MR) is 56.5 cm³/mol. The first-order valence-corrected chi connectivity index (χ1v) is 4.77. The van der Waals surface area contributed by atoms with Gasteiger partial charge in [-0.1, -0.05) is 18.2 Å². The van der Waals surface area contributed by atoms with Crippen molar-refractivity contribution < 1.29 is 18.6 Å². The average Bonchev–Trinajstić information content (AvgIpc) is 2.27. The smallest absolute Gasteiger partial charge is 0.387 e. The number of rotatable bonds is 3. The number of hydrogen-bond donors (Lipinski definition) is 1. The first-order valence-electron chi connectivity index (χ1n) is 4.77. The lowest BCUT2D eigenvalue weighted by atomic mass is 10.1. The van der Waals surface area contributed by atoms with E-state index in [1.165, 1.54) is 6.07 Å². The van der Waals surface area contributed by atoms with Crippen LogP contribution in [0.2, 0.25) is 0 Å². The Morgan fingerprint density at radius 3 is 2.44 bits per heavy atom. The van der Waals surface area contributed by atoms with E-state index in [0.717, 1.165) is 16.3 Å². The summed E-state index contributed by atoms with van der Waals surface area (Å²) >= 11 is 0. The summed E-state index contributed by atoms with van der Waals surface area (Å²) < 4.78 is 28.3. The molecule has 0 bridgehead atoms. The van der Waals surface area contributed by atoms with Gasteiger partial charge in [-0.3, -0.25) is 0 Å². The monoisotopic (exact) mass is 224 g/mol. The Morgan fingerprint density at radius 1 is 1.06 bits per heavy atom. The van der Waals surface area contributed by atoms with Gasteiger partial charge in [0, 0.05) is 0 Å². The Bertz CT molecular complexity index is 497. The molecule has 4 heteroatoms. The summed E-state index contributed by atoms with van der Waals surface area (Å²) in [6, 6.07) is 10.0. The van der Waals surface area contributed by atoms with E-state index in [2.05, 4.69) is 4.74 Å². The zero-order valence-corrected chi connectivity index (χ0v) is 8.36. The Hall–Kier alpha value is -1.68. The highest BCUT2D eigenvalue weighted by molar-refractivity contribution is 5.84. The molecule has 0 saturated heterocycles. The Balaban J connectivity index is 2.39. The molecule has 2 aromatic carbocycles. The molecule has 0 aliphatic rings. The summed E-state index contributed by atoms with van der Waals surface area (Å²) in [6.07, 6.45) is 0. The molecule has 0 radical (unpaired) electrons. The van der Waals surface area contributed by atoms with Crippen LogP contribution >= 0.6 is 0 Å². The number of benzene rings is 2. The molecule has 0 unspecified atom stereocenters. The van der Waals surface area contributed by atoms with E-state index in [4.69, 9.17) is 5.11 Å². The fourth-order valence-corrected chi connectivity index (χ4v) is 1.55. The van der Waals surface area contributed by atoms with Crippen LogP contribution in [0.4, 0.5) is 8.78 Å². The lowest BCUT2D eigenvalue weighted by Crippen LogP contribution is -2.01. The summed E-state index contributed by atoms with van der Waals surface area (Å²) in [4.78, 5) is 0. The first-order chi connectivity index (χ1) is 7.69. The van der Waals surface area contributed by atoms with Gasteiger partial charge < -0.3 is 9.84 Å². The molecule has 2 aromatic rings. The highest BCUT2D eigenvalue weighted by Gasteiger charge is 2.04. The van der Waals surface area contributed by atoms with Crippen molar-refractivity contribution in [3.8, 4) is 5.75 Å². The van der Waals surface area contributed by atoms with E-state index in [-0.39, 0.29) is 12.4 Å². The third kappa shape index (κ3) is 2.28. The second-order valence-electron chi connectivity index (χ2n) is 3.38. The second kappa shape index (κ2) is 4.45. The highest BCUT2D eigenvalue weighted by atomic mass is 19.3. The Labute approximate surface area is 91.1 Å². The predicted octanol–water partition coefficient (Wildman–Crippen LogP) is 2.93. The Kier molecular flexibility index (Phi) is 3.01. The Morgan fingerprint density at radius 2 is 1.75 bits per heavy atom. The van der Waals surface area contributed by atoms with Crippen LogP contribution in [-0.2, 0) is 6.61 Å². The molecular formula is C12H10F2O2. The molecule has 0 saturated carbocycles. The third-order valence-corrected chi connectivity index (χ3v) is 2.28. The number of hydrogen-bond acceptors (Lipinski definition) is 2. The van der Waals surface area contributed by atoms with Gasteiger partial charge in [-0.15, -0.1) is 0 Å². The van der Waals surface area contributed by atoms with Crippen molar-refractivity contribution in [2.75, 3.05) is 0 Å². The summed E-state index contributed by atoms with van der Waals surface area (Å²) in [7, 11) is 0. The normalized spacial score (nSPS) is 11.0. The minimum Gasteiger partial charge on any atom is -0.435 e. The van der Waals surface area contributed by atoms with Crippen LogP contribution in [0.15, 0.2) is 36.4 Å². The van der Waals surface area contributed by atoms with Gasteiger partial charge in [0.05, 0.1) is 6.61 Å². The van der Waals surface area contributed by atoms with Gasteiger partial charge >= 0.3 is 6.61 Å². The number of halogens is 2. The lowest BCUT2D eigenvalue weighted by Gasteiger charge is -2.06. The molecule has 0 aliphatic heterocycles. The standard InChI is InChI=1S/C12H10F2O2/c13-12(14)16-11-4-3-9-5-8(7-15)1-2-10(9)6-11/h1-6,12,15H,7H2. The van der Waals surface area contributed by atoms with Gasteiger partial charge in [0.25, 0.3) is 0 Å². The fourth-order valence-electron chi connectivity index (χ4n) is 1.55. The van der Waals surface area contributed by atoms with Crippen LogP contribution in [0.25, 0.3) is 10.8 Å². The molecular weight excluding hydrogens is 214 g/mol. The zero-order chi connectivity index (χ0) is 11.5. The highest BCUT2D eigenvalue weighted by Crippen LogP contribution is 2.23. The molecule has 2 rings (SSSR count). The maximum absolute atomic E-state index is 12.0. The zero-order valence-electron chi connectivity index (χ0n) is 8.36. The second-order valence-corrected chi connectivity index (χ2v) is 3.38. The molecule has 0 aliphatic carbocycles. The van der Waals surface area contributed by atoms with Crippen LogP contribution in [0.3, 0.4) is 0 Å². The summed E-state index contributed by atoms with van der Waals surface area (Å²) in [5, 5.41) is 10.6. The van der Waals surface area contributed by atoms with Gasteiger partial charge in [-0.25, -0.2) is 0 Å². The quantitative estimate of drug-likeness (QED) is 0.868.